The number of carboxylic acids is 1. The van der Waals surface area contributed by atoms with Crippen LogP contribution >= 0.6 is 11.8 Å². The molecule has 3 amide bonds. The van der Waals surface area contributed by atoms with E-state index in [0.29, 0.717) is 16.9 Å². The summed E-state index contributed by atoms with van der Waals surface area (Å²) in [5.74, 6) is -1.59. The molecule has 2 aromatic rings. The molecule has 28 heavy (non-hydrogen) atoms. The fourth-order valence-electron chi connectivity index (χ4n) is 2.62. The fourth-order valence-corrected chi connectivity index (χ4v) is 3.53. The van der Waals surface area contributed by atoms with Crippen LogP contribution in [-0.4, -0.2) is 38.4 Å². The van der Waals surface area contributed by atoms with Crippen LogP contribution in [0.15, 0.2) is 48.5 Å². The molecule has 3 rings (SSSR count). The molecular weight excluding hydrogens is 382 g/mol. The van der Waals surface area contributed by atoms with Gasteiger partial charge in [-0.05, 0) is 53.7 Å². The van der Waals surface area contributed by atoms with Crippen molar-refractivity contribution in [1.82, 2.24) is 4.90 Å². The lowest BCUT2D eigenvalue weighted by molar-refractivity contribution is -0.126. The largest absolute Gasteiger partial charge is 0.478 e. The Hall–Kier alpha value is -3.33. The van der Waals surface area contributed by atoms with E-state index in [1.54, 1.807) is 36.4 Å². The van der Waals surface area contributed by atoms with E-state index in [-0.39, 0.29) is 29.2 Å². The van der Waals surface area contributed by atoms with Crippen LogP contribution in [0.1, 0.15) is 22.8 Å². The molecular formula is C19H17N3O5S. The van der Waals surface area contributed by atoms with Crippen LogP contribution in [-0.2, 0) is 16.1 Å². The molecule has 1 unspecified atom stereocenters. The fraction of sp³-hybridized carbons (Fsp3) is 0.158. The summed E-state index contributed by atoms with van der Waals surface area (Å²) in [6, 6.07) is 12.8. The molecule has 0 aromatic heterocycles. The van der Waals surface area contributed by atoms with Crippen molar-refractivity contribution in [3.63, 3.8) is 0 Å². The molecule has 1 fully saturated rings. The SMILES string of the molecule is CC(=O)Nc1ccc(NC2SC(=O)N(Cc3ccc(C(=O)O)cc3)C2=O)cc1. The Morgan fingerprint density at radius 1 is 1.04 bits per heavy atom. The van der Waals surface area contributed by atoms with Gasteiger partial charge >= 0.3 is 5.97 Å². The molecule has 1 saturated heterocycles. The van der Waals surface area contributed by atoms with Crippen LogP contribution in [0.3, 0.4) is 0 Å². The maximum atomic E-state index is 12.6. The molecule has 0 aliphatic carbocycles. The Bertz CT molecular complexity index is 928. The van der Waals surface area contributed by atoms with Crippen LogP contribution in [0.25, 0.3) is 0 Å². The van der Waals surface area contributed by atoms with Gasteiger partial charge in [0, 0.05) is 18.3 Å². The number of aromatic carboxylic acids is 1. The summed E-state index contributed by atoms with van der Waals surface area (Å²) in [5, 5.41) is 13.5. The Morgan fingerprint density at radius 2 is 1.64 bits per heavy atom. The van der Waals surface area contributed by atoms with Crippen LogP contribution in [0.5, 0.6) is 0 Å². The van der Waals surface area contributed by atoms with Gasteiger partial charge in [-0.25, -0.2) is 4.79 Å². The normalized spacial score (nSPS) is 16.2. The molecule has 1 aliphatic heterocycles. The van der Waals surface area contributed by atoms with Crippen LogP contribution in [0.4, 0.5) is 16.2 Å². The summed E-state index contributed by atoms with van der Waals surface area (Å²) in [4.78, 5) is 47.9. The van der Waals surface area contributed by atoms with E-state index in [0.717, 1.165) is 16.7 Å². The van der Waals surface area contributed by atoms with E-state index < -0.39 is 11.3 Å². The number of hydrogen-bond acceptors (Lipinski definition) is 6. The first-order valence-corrected chi connectivity index (χ1v) is 9.20. The lowest BCUT2D eigenvalue weighted by Crippen LogP contribution is -2.33. The average Bonchev–Trinajstić information content (AvgIpc) is 2.91. The molecule has 144 valence electrons. The molecule has 9 heteroatoms. The maximum absolute atomic E-state index is 12.6. The van der Waals surface area contributed by atoms with Crippen molar-refractivity contribution < 1.29 is 24.3 Å². The minimum absolute atomic E-state index is 0.0736. The van der Waals surface area contributed by atoms with E-state index in [9.17, 15) is 19.2 Å². The summed E-state index contributed by atoms with van der Waals surface area (Å²) in [5.41, 5.74) is 2.07. The third kappa shape index (κ3) is 4.49. The highest BCUT2D eigenvalue weighted by Gasteiger charge is 2.39. The molecule has 1 aliphatic rings. The first kappa shape index (κ1) is 19.4. The number of thioether (sulfide) groups is 1. The summed E-state index contributed by atoms with van der Waals surface area (Å²) in [6.07, 6.45) is 0. The standard InChI is InChI=1S/C19H17N3O5S/c1-11(23)20-14-6-8-15(9-7-14)21-16-17(24)22(19(27)28-16)10-12-2-4-13(5-3-12)18(25)26/h2-9,16,21H,10H2,1H3,(H,20,23)(H,25,26). The second-order valence-corrected chi connectivity index (χ2v) is 7.15. The Morgan fingerprint density at radius 3 is 2.21 bits per heavy atom. The minimum atomic E-state index is -1.04. The van der Waals surface area contributed by atoms with E-state index in [1.807, 2.05) is 0 Å². The van der Waals surface area contributed by atoms with E-state index in [4.69, 9.17) is 5.11 Å². The Kier molecular flexibility index (Phi) is 5.65. The number of nitrogens with one attached hydrogen (secondary N) is 2. The highest BCUT2D eigenvalue weighted by molar-refractivity contribution is 8.15. The lowest BCUT2D eigenvalue weighted by atomic mass is 10.1. The van der Waals surface area contributed by atoms with Gasteiger partial charge in [0.1, 0.15) is 0 Å². The lowest BCUT2D eigenvalue weighted by Gasteiger charge is -2.15. The maximum Gasteiger partial charge on any atom is 0.335 e. The number of carboxylic acid groups (broad SMARTS) is 1. The van der Waals surface area contributed by atoms with Crippen LogP contribution in [0, 0.1) is 0 Å². The van der Waals surface area contributed by atoms with Gasteiger partial charge in [-0.3, -0.25) is 19.3 Å². The minimum Gasteiger partial charge on any atom is -0.478 e. The number of nitrogens with zero attached hydrogens (tertiary/aromatic N) is 1. The van der Waals surface area contributed by atoms with Gasteiger partial charge in [-0.2, -0.15) is 0 Å². The molecule has 0 spiro atoms. The van der Waals surface area contributed by atoms with Gasteiger partial charge in [0.15, 0.2) is 5.37 Å². The predicted molar refractivity (Wildman–Crippen MR) is 105 cm³/mol. The zero-order valence-corrected chi connectivity index (χ0v) is 15.7. The second-order valence-electron chi connectivity index (χ2n) is 6.09. The first-order chi connectivity index (χ1) is 13.3. The summed E-state index contributed by atoms with van der Waals surface area (Å²) >= 11 is 0.881. The molecule has 8 nitrogen and oxygen atoms in total. The Balaban J connectivity index is 1.64. The van der Waals surface area contributed by atoms with Crippen molar-refractivity contribution in [2.75, 3.05) is 10.6 Å². The zero-order valence-electron chi connectivity index (χ0n) is 14.8. The topological polar surface area (TPSA) is 116 Å². The smallest absolute Gasteiger partial charge is 0.335 e. The number of anilines is 2. The summed E-state index contributed by atoms with van der Waals surface area (Å²) in [7, 11) is 0. The summed E-state index contributed by atoms with van der Waals surface area (Å²) in [6.45, 7) is 1.49. The highest BCUT2D eigenvalue weighted by atomic mass is 32.2. The van der Waals surface area contributed by atoms with Crippen molar-refractivity contribution in [3.05, 3.63) is 59.7 Å². The quantitative estimate of drug-likeness (QED) is 0.684. The third-order valence-corrected chi connectivity index (χ3v) is 4.95. The van der Waals surface area contributed by atoms with Crippen molar-refractivity contribution in [2.45, 2.75) is 18.8 Å². The zero-order chi connectivity index (χ0) is 20.3. The highest BCUT2D eigenvalue weighted by Crippen LogP contribution is 2.30. The number of carbonyl (C=O) groups excluding carboxylic acids is 3. The second kappa shape index (κ2) is 8.13. The molecule has 3 N–H and O–H groups in total. The van der Waals surface area contributed by atoms with Crippen molar-refractivity contribution in [3.8, 4) is 0 Å². The number of hydrogen-bond donors (Lipinski definition) is 3. The van der Waals surface area contributed by atoms with Crippen LogP contribution < -0.4 is 10.6 Å². The summed E-state index contributed by atoms with van der Waals surface area (Å²) < 4.78 is 0. The van der Waals surface area contributed by atoms with Crippen molar-refractivity contribution in [2.24, 2.45) is 0 Å². The van der Waals surface area contributed by atoms with Gasteiger partial charge in [0.2, 0.25) is 5.91 Å². The monoisotopic (exact) mass is 399 g/mol. The average molecular weight is 399 g/mol. The van der Waals surface area contributed by atoms with Gasteiger partial charge in [-0.1, -0.05) is 12.1 Å². The number of imide groups is 1. The third-order valence-electron chi connectivity index (χ3n) is 3.97. The van der Waals surface area contributed by atoms with Crippen LogP contribution in [0.2, 0.25) is 0 Å². The van der Waals surface area contributed by atoms with E-state index in [2.05, 4.69) is 10.6 Å². The van der Waals surface area contributed by atoms with E-state index in [1.165, 1.54) is 19.1 Å². The molecule has 0 bridgehead atoms. The number of amides is 3. The number of carbonyl (C=O) groups is 4. The first-order valence-electron chi connectivity index (χ1n) is 8.32. The molecule has 0 saturated carbocycles. The number of rotatable bonds is 6. The van der Waals surface area contributed by atoms with Gasteiger partial charge in [0.25, 0.3) is 11.1 Å². The molecule has 2 aromatic carbocycles. The van der Waals surface area contributed by atoms with Crippen molar-refractivity contribution >= 4 is 46.2 Å². The Labute approximate surface area is 164 Å². The molecule has 1 heterocycles. The van der Waals surface area contributed by atoms with Gasteiger partial charge in [-0.15, -0.1) is 0 Å². The predicted octanol–water partition coefficient (Wildman–Crippen LogP) is 2.98. The van der Waals surface area contributed by atoms with E-state index >= 15 is 0 Å². The molecule has 1 atom stereocenters. The number of benzene rings is 2. The van der Waals surface area contributed by atoms with Crippen molar-refractivity contribution in [1.29, 1.82) is 0 Å². The molecule has 0 radical (unpaired) electrons. The van der Waals surface area contributed by atoms with Gasteiger partial charge < -0.3 is 15.7 Å². The van der Waals surface area contributed by atoms with Gasteiger partial charge in [0.05, 0.1) is 12.1 Å².